The molecule has 5 rings (SSSR count). The fourth-order valence-electron chi connectivity index (χ4n) is 7.43. The Bertz CT molecular complexity index is 1660. The Balaban J connectivity index is 1.04. The summed E-state index contributed by atoms with van der Waals surface area (Å²) >= 11 is 0. The predicted molar refractivity (Wildman–Crippen MR) is 216 cm³/mol. The number of aryl methyl sites for hydroxylation is 4. The van der Waals surface area contributed by atoms with Crippen LogP contribution in [0.4, 0.5) is 0 Å². The summed E-state index contributed by atoms with van der Waals surface area (Å²) in [4.78, 5) is 0. The minimum Gasteiger partial charge on any atom is -0.0654 e. The first kappa shape index (κ1) is 37.3. The van der Waals surface area contributed by atoms with Gasteiger partial charge in [0.05, 0.1) is 0 Å². The van der Waals surface area contributed by atoms with Crippen LogP contribution in [0.3, 0.4) is 0 Å². The number of hydrogen-bond acceptors (Lipinski definition) is 0. The topological polar surface area (TPSA) is 0 Å². The van der Waals surface area contributed by atoms with Gasteiger partial charge in [-0.2, -0.15) is 0 Å². The van der Waals surface area contributed by atoms with E-state index in [0.717, 1.165) is 46.9 Å². The molecule has 0 aromatic heterocycles. The van der Waals surface area contributed by atoms with Crippen molar-refractivity contribution in [2.24, 2.45) is 11.8 Å². The number of hydrogen-bond donors (Lipinski definition) is 0. The molecular formula is C50H60. The van der Waals surface area contributed by atoms with E-state index in [4.69, 9.17) is 0 Å². The van der Waals surface area contributed by atoms with Crippen LogP contribution in [-0.4, -0.2) is 0 Å². The zero-order chi connectivity index (χ0) is 34.6. The second-order valence-electron chi connectivity index (χ2n) is 14.9. The Morgan fingerprint density at radius 2 is 0.820 bits per heavy atom. The Morgan fingerprint density at radius 1 is 0.400 bits per heavy atom. The molecule has 0 saturated heterocycles. The second kappa shape index (κ2) is 21.3. The fraction of sp³-hybridized carbons (Fsp3) is 0.440. The van der Waals surface area contributed by atoms with Gasteiger partial charge in [0.1, 0.15) is 0 Å². The van der Waals surface area contributed by atoms with Gasteiger partial charge >= 0.3 is 0 Å². The van der Waals surface area contributed by atoms with Gasteiger partial charge in [0.15, 0.2) is 0 Å². The molecular weight excluding hydrogens is 601 g/mol. The third-order valence-electron chi connectivity index (χ3n) is 10.8. The van der Waals surface area contributed by atoms with Gasteiger partial charge in [-0.25, -0.2) is 0 Å². The normalized spacial score (nSPS) is 15.5. The summed E-state index contributed by atoms with van der Waals surface area (Å²) in [5.41, 5.74) is 9.80. The maximum Gasteiger partial charge on any atom is 0.0261 e. The lowest BCUT2D eigenvalue weighted by Gasteiger charge is -2.28. The minimum atomic E-state index is 0.916. The Kier molecular flexibility index (Phi) is 15.9. The molecule has 0 atom stereocenters. The van der Waals surface area contributed by atoms with Crippen LogP contribution in [-0.2, 0) is 25.7 Å². The van der Waals surface area contributed by atoms with E-state index in [9.17, 15) is 0 Å². The van der Waals surface area contributed by atoms with E-state index < -0.39 is 0 Å². The van der Waals surface area contributed by atoms with E-state index in [2.05, 4.69) is 135 Å². The van der Waals surface area contributed by atoms with Crippen LogP contribution in [0, 0.1) is 35.5 Å². The van der Waals surface area contributed by atoms with Crippen LogP contribution in [0.15, 0.2) is 97.1 Å². The van der Waals surface area contributed by atoms with E-state index in [-0.39, 0.29) is 0 Å². The van der Waals surface area contributed by atoms with Crippen molar-refractivity contribution < 1.29 is 0 Å². The van der Waals surface area contributed by atoms with Crippen molar-refractivity contribution in [2.45, 2.75) is 129 Å². The van der Waals surface area contributed by atoms with Crippen molar-refractivity contribution in [3.05, 3.63) is 142 Å². The first-order chi connectivity index (χ1) is 24.7. The number of benzene rings is 4. The maximum atomic E-state index is 3.37. The summed E-state index contributed by atoms with van der Waals surface area (Å²) in [5.74, 6) is 15.4. The van der Waals surface area contributed by atoms with Gasteiger partial charge in [-0.3, -0.25) is 0 Å². The van der Waals surface area contributed by atoms with Gasteiger partial charge in [0, 0.05) is 22.3 Å². The molecule has 0 heteroatoms. The molecule has 0 bridgehead atoms. The van der Waals surface area contributed by atoms with Crippen molar-refractivity contribution in [1.82, 2.24) is 0 Å². The molecule has 0 radical (unpaired) electrons. The van der Waals surface area contributed by atoms with Crippen LogP contribution >= 0.6 is 0 Å². The molecule has 0 heterocycles. The SMILES string of the molecule is CCCCCCc1ccc(CCc2ccc(C#Cc3cccc(C#Cc4ccc(CCC5CCC(CCCCCC)CC5)cc4)c3)cc2)cc1. The summed E-state index contributed by atoms with van der Waals surface area (Å²) in [5, 5.41) is 0. The van der Waals surface area contributed by atoms with Crippen molar-refractivity contribution in [3.63, 3.8) is 0 Å². The largest absolute Gasteiger partial charge is 0.0654 e. The van der Waals surface area contributed by atoms with Gasteiger partial charge in [-0.15, -0.1) is 0 Å². The molecule has 0 aliphatic heterocycles. The summed E-state index contributed by atoms with van der Waals surface area (Å²) in [6, 6.07) is 35.2. The highest BCUT2D eigenvalue weighted by Crippen LogP contribution is 2.34. The van der Waals surface area contributed by atoms with E-state index in [1.165, 1.54) is 125 Å². The highest BCUT2D eigenvalue weighted by molar-refractivity contribution is 5.49. The molecule has 0 nitrogen and oxygen atoms in total. The Hall–Kier alpha value is -4.00. The standard InChI is InChI=1S/C50H60/c1-3-5-7-9-12-41-16-20-43(21-17-41)24-26-45-28-32-47(33-29-45)36-38-49-14-11-15-50(40-49)39-37-48-34-30-46(31-35-48)27-25-44-22-18-42(19-23-44)13-10-8-6-4-2/h11,14-17,20-21,28-35,40,42,44H,3-10,12-13,18-19,22-27H2,1-2H3. The molecule has 4 aromatic carbocycles. The van der Waals surface area contributed by atoms with Crippen molar-refractivity contribution >= 4 is 0 Å². The molecule has 0 N–H and O–H groups in total. The third-order valence-corrected chi connectivity index (χ3v) is 10.8. The highest BCUT2D eigenvalue weighted by atomic mass is 14.3. The molecule has 1 aliphatic rings. The lowest BCUT2D eigenvalue weighted by molar-refractivity contribution is 0.249. The molecule has 0 amide bonds. The molecule has 1 fully saturated rings. The predicted octanol–water partition coefficient (Wildman–Crippen LogP) is 13.1. The molecule has 0 spiro atoms. The summed E-state index contributed by atoms with van der Waals surface area (Å²) < 4.78 is 0. The van der Waals surface area contributed by atoms with E-state index >= 15 is 0 Å². The Morgan fingerprint density at radius 3 is 1.34 bits per heavy atom. The van der Waals surface area contributed by atoms with Crippen molar-refractivity contribution in [1.29, 1.82) is 0 Å². The summed E-state index contributed by atoms with van der Waals surface area (Å²) in [7, 11) is 0. The van der Waals surface area contributed by atoms with E-state index in [1.807, 2.05) is 0 Å². The summed E-state index contributed by atoms with van der Waals surface area (Å²) in [6.45, 7) is 4.58. The van der Waals surface area contributed by atoms with E-state index in [0.29, 0.717) is 0 Å². The lowest BCUT2D eigenvalue weighted by Crippen LogP contribution is -2.15. The van der Waals surface area contributed by atoms with Crippen LogP contribution in [0.25, 0.3) is 0 Å². The van der Waals surface area contributed by atoms with Crippen LogP contribution in [0.1, 0.15) is 148 Å². The summed E-state index contributed by atoms with van der Waals surface area (Å²) in [6.07, 6.45) is 24.0. The molecule has 260 valence electrons. The average Bonchev–Trinajstić information content (AvgIpc) is 3.17. The van der Waals surface area contributed by atoms with Crippen molar-refractivity contribution in [3.8, 4) is 23.7 Å². The van der Waals surface area contributed by atoms with Gasteiger partial charge in [0.25, 0.3) is 0 Å². The smallest absolute Gasteiger partial charge is 0.0261 e. The van der Waals surface area contributed by atoms with Gasteiger partial charge in [-0.1, -0.05) is 169 Å². The third kappa shape index (κ3) is 13.4. The van der Waals surface area contributed by atoms with Crippen molar-refractivity contribution in [2.75, 3.05) is 0 Å². The van der Waals surface area contributed by atoms with E-state index in [1.54, 1.807) is 0 Å². The van der Waals surface area contributed by atoms with Crippen LogP contribution in [0.2, 0.25) is 0 Å². The molecule has 1 saturated carbocycles. The first-order valence-corrected chi connectivity index (χ1v) is 20.1. The molecule has 4 aromatic rings. The van der Waals surface area contributed by atoms with Crippen LogP contribution in [0.5, 0.6) is 0 Å². The second-order valence-corrected chi connectivity index (χ2v) is 14.9. The quantitative estimate of drug-likeness (QED) is 0.0829. The fourth-order valence-corrected chi connectivity index (χ4v) is 7.43. The maximum absolute atomic E-state index is 3.37. The number of rotatable bonds is 16. The molecule has 50 heavy (non-hydrogen) atoms. The first-order valence-electron chi connectivity index (χ1n) is 20.1. The Labute approximate surface area is 305 Å². The number of unbranched alkanes of at least 4 members (excludes halogenated alkanes) is 6. The molecule has 1 aliphatic carbocycles. The lowest BCUT2D eigenvalue weighted by atomic mass is 9.77. The highest BCUT2D eigenvalue weighted by Gasteiger charge is 2.20. The minimum absolute atomic E-state index is 0.916. The zero-order valence-corrected chi connectivity index (χ0v) is 31.1. The average molecular weight is 661 g/mol. The van der Waals surface area contributed by atoms with Gasteiger partial charge in [-0.05, 0) is 115 Å². The van der Waals surface area contributed by atoms with Gasteiger partial charge < -0.3 is 0 Å². The zero-order valence-electron chi connectivity index (χ0n) is 31.1. The monoisotopic (exact) mass is 660 g/mol. The van der Waals surface area contributed by atoms with Crippen LogP contribution < -0.4 is 0 Å². The van der Waals surface area contributed by atoms with Gasteiger partial charge in [0.2, 0.25) is 0 Å². The molecule has 0 unspecified atom stereocenters.